The van der Waals surface area contributed by atoms with E-state index >= 15 is 0 Å². The van der Waals surface area contributed by atoms with Crippen molar-refractivity contribution >= 4 is 33.0 Å². The van der Waals surface area contributed by atoms with Gasteiger partial charge < -0.3 is 10.1 Å². The number of amides is 1. The van der Waals surface area contributed by atoms with Gasteiger partial charge in [0.25, 0.3) is 15.9 Å². The predicted octanol–water partition coefficient (Wildman–Crippen LogP) is 3.10. The van der Waals surface area contributed by atoms with Crippen LogP contribution in [-0.4, -0.2) is 34.1 Å². The molecule has 6 nitrogen and oxygen atoms in total. The molecule has 0 aliphatic heterocycles. The highest BCUT2D eigenvalue weighted by molar-refractivity contribution is 7.94. The first-order chi connectivity index (χ1) is 12.5. The molecule has 1 heterocycles. The van der Waals surface area contributed by atoms with E-state index in [0.717, 1.165) is 30.3 Å². The quantitative estimate of drug-likeness (QED) is 0.607. The van der Waals surface area contributed by atoms with Crippen molar-refractivity contribution in [1.82, 2.24) is 5.32 Å². The summed E-state index contributed by atoms with van der Waals surface area (Å²) in [7, 11) is -3.57. The third-order valence-corrected chi connectivity index (χ3v) is 6.74. The van der Waals surface area contributed by atoms with Gasteiger partial charge in [-0.05, 0) is 60.9 Å². The summed E-state index contributed by atoms with van der Waals surface area (Å²) in [6, 6.07) is 9.60. The standard InChI is InChI=1S/C18H22N2O4S2/c21-18(19-10-2-11-24-13-14-4-5-14)15-6-8-16(9-7-15)20-26(22,23)17-3-1-12-25-17/h1,3,6-9,12,14,20H,2,4-5,10-11,13H2,(H,19,21). The summed E-state index contributed by atoms with van der Waals surface area (Å²) in [6.45, 7) is 2.03. The van der Waals surface area contributed by atoms with Crippen molar-refractivity contribution in [3.63, 3.8) is 0 Å². The Morgan fingerprint density at radius 1 is 1.19 bits per heavy atom. The Balaban J connectivity index is 1.43. The van der Waals surface area contributed by atoms with Crippen LogP contribution < -0.4 is 10.0 Å². The summed E-state index contributed by atoms with van der Waals surface area (Å²) >= 11 is 1.15. The van der Waals surface area contributed by atoms with Crippen LogP contribution in [0.5, 0.6) is 0 Å². The molecule has 8 heteroatoms. The third kappa shape index (κ3) is 5.55. The maximum atomic E-state index is 12.2. The van der Waals surface area contributed by atoms with Gasteiger partial charge >= 0.3 is 0 Å². The summed E-state index contributed by atoms with van der Waals surface area (Å²) in [4.78, 5) is 12.1. The van der Waals surface area contributed by atoms with Crippen LogP contribution in [0.4, 0.5) is 5.69 Å². The monoisotopic (exact) mass is 394 g/mol. The Morgan fingerprint density at radius 2 is 1.96 bits per heavy atom. The average molecular weight is 395 g/mol. The molecule has 1 aromatic carbocycles. The number of carbonyl (C=O) groups is 1. The van der Waals surface area contributed by atoms with Crippen LogP contribution >= 0.6 is 11.3 Å². The fraction of sp³-hybridized carbons (Fsp3) is 0.389. The van der Waals surface area contributed by atoms with Crippen molar-refractivity contribution in [2.75, 3.05) is 24.5 Å². The summed E-state index contributed by atoms with van der Waals surface area (Å²) < 4.78 is 32.6. The van der Waals surface area contributed by atoms with Crippen LogP contribution in [0.15, 0.2) is 46.0 Å². The molecular formula is C18H22N2O4S2. The van der Waals surface area contributed by atoms with Crippen molar-refractivity contribution < 1.29 is 17.9 Å². The molecule has 140 valence electrons. The lowest BCUT2D eigenvalue weighted by atomic mass is 10.2. The highest BCUT2D eigenvalue weighted by Gasteiger charge is 2.20. The van der Waals surface area contributed by atoms with Crippen LogP contribution in [0.3, 0.4) is 0 Å². The SMILES string of the molecule is O=C(NCCCOCC1CC1)c1ccc(NS(=O)(=O)c2cccs2)cc1. The van der Waals surface area contributed by atoms with Gasteiger partial charge in [0.2, 0.25) is 0 Å². The molecule has 0 bridgehead atoms. The van der Waals surface area contributed by atoms with Gasteiger partial charge in [0, 0.05) is 31.0 Å². The molecular weight excluding hydrogens is 372 g/mol. The Hall–Kier alpha value is -1.90. The first kappa shape index (κ1) is 18.9. The summed E-state index contributed by atoms with van der Waals surface area (Å²) in [5, 5.41) is 4.54. The van der Waals surface area contributed by atoms with Crippen LogP contribution in [0.2, 0.25) is 0 Å². The first-order valence-electron chi connectivity index (χ1n) is 8.57. The van der Waals surface area contributed by atoms with Gasteiger partial charge in [0.1, 0.15) is 4.21 Å². The summed E-state index contributed by atoms with van der Waals surface area (Å²) in [5.41, 5.74) is 0.909. The van der Waals surface area contributed by atoms with Gasteiger partial charge in [-0.25, -0.2) is 8.42 Å². The zero-order valence-electron chi connectivity index (χ0n) is 14.3. The highest BCUT2D eigenvalue weighted by Crippen LogP contribution is 2.28. The van der Waals surface area contributed by atoms with E-state index in [4.69, 9.17) is 4.74 Å². The number of rotatable bonds is 10. The van der Waals surface area contributed by atoms with E-state index in [1.165, 1.54) is 12.8 Å². The minimum absolute atomic E-state index is 0.181. The Labute approximate surface area is 157 Å². The second-order valence-corrected chi connectivity index (χ2v) is 9.10. The largest absolute Gasteiger partial charge is 0.381 e. The molecule has 1 saturated carbocycles. The Morgan fingerprint density at radius 3 is 2.62 bits per heavy atom. The van der Waals surface area contributed by atoms with Crippen LogP contribution in [0, 0.1) is 5.92 Å². The number of ether oxygens (including phenoxy) is 1. The number of sulfonamides is 1. The average Bonchev–Trinajstić information content (AvgIpc) is 3.27. The second kappa shape index (κ2) is 8.66. The zero-order valence-corrected chi connectivity index (χ0v) is 15.9. The number of hydrogen-bond acceptors (Lipinski definition) is 5. The van der Waals surface area contributed by atoms with Crippen molar-refractivity contribution in [3.05, 3.63) is 47.3 Å². The predicted molar refractivity (Wildman–Crippen MR) is 102 cm³/mol. The minimum Gasteiger partial charge on any atom is -0.381 e. The topological polar surface area (TPSA) is 84.5 Å². The van der Waals surface area contributed by atoms with E-state index in [9.17, 15) is 13.2 Å². The molecule has 1 aliphatic carbocycles. The summed E-state index contributed by atoms with van der Waals surface area (Å²) in [6.07, 6.45) is 3.32. The van der Waals surface area contributed by atoms with Crippen molar-refractivity contribution in [2.24, 2.45) is 5.92 Å². The maximum Gasteiger partial charge on any atom is 0.271 e. The van der Waals surface area contributed by atoms with Crippen molar-refractivity contribution in [2.45, 2.75) is 23.5 Å². The molecule has 1 fully saturated rings. The van der Waals surface area contributed by atoms with Gasteiger partial charge in [-0.15, -0.1) is 11.3 Å². The molecule has 0 saturated heterocycles. The first-order valence-corrected chi connectivity index (χ1v) is 10.9. The van der Waals surface area contributed by atoms with E-state index in [2.05, 4.69) is 10.0 Å². The van der Waals surface area contributed by atoms with Gasteiger partial charge in [-0.3, -0.25) is 9.52 Å². The fourth-order valence-corrected chi connectivity index (χ4v) is 4.38. The van der Waals surface area contributed by atoms with Crippen molar-refractivity contribution in [3.8, 4) is 0 Å². The molecule has 0 radical (unpaired) electrons. The molecule has 0 atom stereocenters. The molecule has 2 aromatic rings. The third-order valence-electron chi connectivity index (χ3n) is 3.96. The lowest BCUT2D eigenvalue weighted by Gasteiger charge is -2.08. The van der Waals surface area contributed by atoms with E-state index in [1.807, 2.05) is 0 Å². The van der Waals surface area contributed by atoms with E-state index in [-0.39, 0.29) is 10.1 Å². The molecule has 0 unspecified atom stereocenters. The minimum atomic E-state index is -3.57. The lowest BCUT2D eigenvalue weighted by molar-refractivity contribution is 0.0937. The van der Waals surface area contributed by atoms with Gasteiger partial charge in [-0.1, -0.05) is 6.07 Å². The molecule has 3 rings (SSSR count). The van der Waals surface area contributed by atoms with Gasteiger partial charge in [-0.2, -0.15) is 0 Å². The van der Waals surface area contributed by atoms with Gasteiger partial charge in [0.15, 0.2) is 0 Å². The molecule has 0 spiro atoms. The lowest BCUT2D eigenvalue weighted by Crippen LogP contribution is -2.25. The Bertz CT molecular complexity index is 813. The number of thiophene rings is 1. The molecule has 1 aliphatic rings. The number of hydrogen-bond donors (Lipinski definition) is 2. The van der Waals surface area contributed by atoms with E-state index in [1.54, 1.807) is 41.8 Å². The van der Waals surface area contributed by atoms with Crippen LogP contribution in [0.1, 0.15) is 29.6 Å². The normalized spacial score (nSPS) is 14.2. The number of anilines is 1. The molecule has 1 aromatic heterocycles. The smallest absolute Gasteiger partial charge is 0.271 e. The Kier molecular flexibility index (Phi) is 6.29. The maximum absolute atomic E-state index is 12.2. The van der Waals surface area contributed by atoms with Gasteiger partial charge in [0.05, 0.1) is 0 Å². The molecule has 2 N–H and O–H groups in total. The van der Waals surface area contributed by atoms with Crippen molar-refractivity contribution in [1.29, 1.82) is 0 Å². The summed E-state index contributed by atoms with van der Waals surface area (Å²) in [5.74, 6) is 0.570. The fourth-order valence-electron chi connectivity index (χ4n) is 2.32. The second-order valence-electron chi connectivity index (χ2n) is 6.24. The molecule has 26 heavy (non-hydrogen) atoms. The zero-order chi connectivity index (χ0) is 18.4. The van der Waals surface area contributed by atoms with E-state index in [0.29, 0.717) is 24.4 Å². The van der Waals surface area contributed by atoms with Crippen LogP contribution in [-0.2, 0) is 14.8 Å². The molecule has 1 amide bonds. The van der Waals surface area contributed by atoms with Crippen LogP contribution in [0.25, 0.3) is 0 Å². The number of carbonyl (C=O) groups excluding carboxylic acids is 1. The number of benzene rings is 1. The van der Waals surface area contributed by atoms with E-state index < -0.39 is 10.0 Å². The number of nitrogens with one attached hydrogen (secondary N) is 2. The highest BCUT2D eigenvalue weighted by atomic mass is 32.2.